The third kappa shape index (κ3) is 6.47. The number of pyridine rings is 1. The molecule has 0 unspecified atom stereocenters. The molecule has 0 saturated carbocycles. The van der Waals surface area contributed by atoms with Crippen LogP contribution in [0.25, 0.3) is 0 Å². The van der Waals surface area contributed by atoms with Gasteiger partial charge < -0.3 is 26.2 Å². The molecule has 4 N–H and O–H groups in total. The van der Waals surface area contributed by atoms with E-state index in [1.54, 1.807) is 24.3 Å². The van der Waals surface area contributed by atoms with Gasteiger partial charge in [-0.1, -0.05) is 6.07 Å². The molecule has 0 atom stereocenters. The number of piperazine rings is 1. The second-order valence-corrected chi connectivity index (χ2v) is 8.56. The standard InChI is InChI=1S/C25H23F5N6O2/c26-16-8-15(9-17(27)10-16)13-32-21-12-22(33-14-20(21)23(31)37)34-18-2-1-3-19(11-18)35-4-6-36(7-5-35)24(38)25(28,29)30/h1-3,8-12,14H,4-7,13H2,(H2,31,37)(H2,32,33,34). The van der Waals surface area contributed by atoms with Gasteiger partial charge in [-0.05, 0) is 35.9 Å². The number of benzene rings is 2. The number of nitrogens with one attached hydrogen (secondary N) is 2. The van der Waals surface area contributed by atoms with E-state index in [4.69, 9.17) is 5.73 Å². The zero-order chi connectivity index (χ0) is 27.4. The maximum atomic E-state index is 13.5. The third-order valence-electron chi connectivity index (χ3n) is 5.87. The van der Waals surface area contributed by atoms with Gasteiger partial charge in [0, 0.05) is 62.4 Å². The van der Waals surface area contributed by atoms with E-state index in [2.05, 4.69) is 15.6 Å². The number of rotatable bonds is 7. The largest absolute Gasteiger partial charge is 0.471 e. The Balaban J connectivity index is 1.46. The molecule has 200 valence electrons. The number of nitrogens with two attached hydrogens (primary N) is 1. The van der Waals surface area contributed by atoms with Gasteiger partial charge in [0.05, 0.1) is 11.3 Å². The Labute approximate surface area is 214 Å². The molecule has 0 spiro atoms. The summed E-state index contributed by atoms with van der Waals surface area (Å²) in [7, 11) is 0. The van der Waals surface area contributed by atoms with Crippen LogP contribution in [0.1, 0.15) is 15.9 Å². The summed E-state index contributed by atoms with van der Waals surface area (Å²) in [6.07, 6.45) is -3.63. The van der Waals surface area contributed by atoms with Crippen molar-refractivity contribution >= 4 is 34.7 Å². The van der Waals surface area contributed by atoms with E-state index < -0.39 is 29.6 Å². The highest BCUT2D eigenvalue weighted by Gasteiger charge is 2.43. The van der Waals surface area contributed by atoms with Crippen molar-refractivity contribution < 1.29 is 31.5 Å². The second kappa shape index (κ2) is 10.9. The van der Waals surface area contributed by atoms with E-state index in [-0.39, 0.29) is 38.3 Å². The molecule has 38 heavy (non-hydrogen) atoms. The average molecular weight is 534 g/mol. The van der Waals surface area contributed by atoms with E-state index >= 15 is 0 Å². The van der Waals surface area contributed by atoms with E-state index in [9.17, 15) is 31.5 Å². The van der Waals surface area contributed by atoms with Gasteiger partial charge >= 0.3 is 12.1 Å². The van der Waals surface area contributed by atoms with Crippen LogP contribution in [-0.2, 0) is 11.3 Å². The van der Waals surface area contributed by atoms with Crippen LogP contribution >= 0.6 is 0 Å². The number of anilines is 4. The van der Waals surface area contributed by atoms with E-state index in [1.807, 2.05) is 4.90 Å². The van der Waals surface area contributed by atoms with Crippen LogP contribution in [0.5, 0.6) is 0 Å². The highest BCUT2D eigenvalue weighted by Crippen LogP contribution is 2.27. The molecule has 13 heteroatoms. The number of aromatic nitrogens is 1. The quantitative estimate of drug-likeness (QED) is 0.396. The van der Waals surface area contributed by atoms with Gasteiger partial charge in [0.1, 0.15) is 17.5 Å². The fraction of sp³-hybridized carbons (Fsp3) is 0.240. The molecular weight excluding hydrogens is 511 g/mol. The molecular formula is C25H23F5N6O2. The zero-order valence-corrected chi connectivity index (χ0v) is 19.9. The summed E-state index contributed by atoms with van der Waals surface area (Å²) in [6.45, 7) is 0.348. The fourth-order valence-corrected chi connectivity index (χ4v) is 4.05. The lowest BCUT2D eigenvalue weighted by Crippen LogP contribution is -2.52. The van der Waals surface area contributed by atoms with Crippen molar-refractivity contribution in [2.45, 2.75) is 12.7 Å². The number of carbonyl (C=O) groups excluding carboxylic acids is 2. The van der Waals surface area contributed by atoms with Gasteiger partial charge in [0.15, 0.2) is 0 Å². The Morgan fingerprint density at radius 1 is 0.974 bits per heavy atom. The SMILES string of the molecule is NC(=O)c1cnc(Nc2cccc(N3CCN(C(=O)C(F)(F)F)CC3)c2)cc1NCc1cc(F)cc(F)c1. The van der Waals surface area contributed by atoms with Crippen molar-refractivity contribution in [1.29, 1.82) is 0 Å². The molecule has 1 fully saturated rings. The molecule has 1 aliphatic rings. The van der Waals surface area contributed by atoms with Crippen molar-refractivity contribution in [1.82, 2.24) is 9.88 Å². The summed E-state index contributed by atoms with van der Waals surface area (Å²) in [4.78, 5) is 30.2. The molecule has 8 nitrogen and oxygen atoms in total. The minimum atomic E-state index is -4.90. The van der Waals surface area contributed by atoms with Crippen LogP contribution < -0.4 is 21.3 Å². The van der Waals surface area contributed by atoms with Crippen molar-refractivity contribution in [3.63, 3.8) is 0 Å². The smallest absolute Gasteiger partial charge is 0.380 e. The third-order valence-corrected chi connectivity index (χ3v) is 5.87. The first-order valence-electron chi connectivity index (χ1n) is 11.5. The minimum absolute atomic E-state index is 0.0106. The molecule has 2 heterocycles. The lowest BCUT2D eigenvalue weighted by atomic mass is 10.1. The van der Waals surface area contributed by atoms with Crippen molar-refractivity contribution in [3.8, 4) is 0 Å². The van der Waals surface area contributed by atoms with E-state index in [0.717, 1.165) is 28.8 Å². The average Bonchev–Trinajstić information content (AvgIpc) is 2.86. The number of carbonyl (C=O) groups is 2. The van der Waals surface area contributed by atoms with Crippen molar-refractivity contribution in [2.75, 3.05) is 41.7 Å². The molecule has 2 aromatic carbocycles. The molecule has 1 aromatic heterocycles. The molecule has 3 aromatic rings. The number of primary amides is 1. The predicted molar refractivity (Wildman–Crippen MR) is 131 cm³/mol. The topological polar surface area (TPSA) is 104 Å². The predicted octanol–water partition coefficient (Wildman–Crippen LogP) is 4.03. The van der Waals surface area contributed by atoms with Crippen LogP contribution in [0.2, 0.25) is 0 Å². The normalized spacial score (nSPS) is 13.8. The summed E-state index contributed by atoms with van der Waals surface area (Å²) in [5.41, 5.74) is 7.46. The number of hydrogen-bond donors (Lipinski definition) is 3. The van der Waals surface area contributed by atoms with Gasteiger partial charge in [-0.2, -0.15) is 13.2 Å². The van der Waals surface area contributed by atoms with Gasteiger partial charge in [0.2, 0.25) is 0 Å². The van der Waals surface area contributed by atoms with Gasteiger partial charge in [-0.3, -0.25) is 9.59 Å². The zero-order valence-electron chi connectivity index (χ0n) is 19.9. The Morgan fingerprint density at radius 3 is 2.29 bits per heavy atom. The molecule has 0 aliphatic carbocycles. The lowest BCUT2D eigenvalue weighted by Gasteiger charge is -2.36. The number of alkyl halides is 3. The number of nitrogens with zero attached hydrogens (tertiary/aromatic N) is 3. The summed E-state index contributed by atoms with van der Waals surface area (Å²) < 4.78 is 65.1. The summed E-state index contributed by atoms with van der Waals surface area (Å²) in [6, 6.07) is 11.6. The van der Waals surface area contributed by atoms with E-state index in [1.165, 1.54) is 12.3 Å². The monoisotopic (exact) mass is 534 g/mol. The van der Waals surface area contributed by atoms with Gasteiger partial charge in [0.25, 0.3) is 5.91 Å². The maximum Gasteiger partial charge on any atom is 0.471 e. The molecule has 4 rings (SSSR count). The first kappa shape index (κ1) is 26.6. The second-order valence-electron chi connectivity index (χ2n) is 8.56. The minimum Gasteiger partial charge on any atom is -0.380 e. The Bertz CT molecular complexity index is 1320. The van der Waals surface area contributed by atoms with Gasteiger partial charge in [-0.15, -0.1) is 0 Å². The van der Waals surface area contributed by atoms with Crippen LogP contribution in [-0.4, -0.2) is 54.1 Å². The highest BCUT2D eigenvalue weighted by molar-refractivity contribution is 5.98. The molecule has 2 amide bonds. The summed E-state index contributed by atoms with van der Waals surface area (Å²) in [5, 5.41) is 6.03. The van der Waals surface area contributed by atoms with Gasteiger partial charge in [-0.25, -0.2) is 13.8 Å². The Kier molecular flexibility index (Phi) is 7.65. The number of amides is 2. The maximum absolute atomic E-state index is 13.5. The first-order valence-corrected chi connectivity index (χ1v) is 11.5. The lowest BCUT2D eigenvalue weighted by molar-refractivity contribution is -0.185. The Morgan fingerprint density at radius 2 is 1.66 bits per heavy atom. The van der Waals surface area contributed by atoms with Crippen molar-refractivity contribution in [2.24, 2.45) is 5.73 Å². The van der Waals surface area contributed by atoms with E-state index in [0.29, 0.717) is 22.8 Å². The molecule has 1 aliphatic heterocycles. The fourth-order valence-electron chi connectivity index (χ4n) is 4.05. The van der Waals surface area contributed by atoms with Crippen LogP contribution in [0.15, 0.2) is 54.7 Å². The van der Waals surface area contributed by atoms with Crippen LogP contribution in [0, 0.1) is 11.6 Å². The first-order chi connectivity index (χ1) is 18.0. The number of halogens is 5. The summed E-state index contributed by atoms with van der Waals surface area (Å²) >= 11 is 0. The highest BCUT2D eigenvalue weighted by atomic mass is 19.4. The molecule has 0 bridgehead atoms. The van der Waals surface area contributed by atoms with Crippen LogP contribution in [0.4, 0.5) is 44.8 Å². The summed E-state index contributed by atoms with van der Waals surface area (Å²) in [5.74, 6) is -3.72. The Hall–Kier alpha value is -4.42. The van der Waals surface area contributed by atoms with Crippen molar-refractivity contribution in [3.05, 3.63) is 77.5 Å². The molecule has 0 radical (unpaired) electrons. The number of hydrogen-bond acceptors (Lipinski definition) is 6. The van der Waals surface area contributed by atoms with Crippen LogP contribution in [0.3, 0.4) is 0 Å². The molecule has 1 saturated heterocycles.